The number of ether oxygens (including phenoxy) is 2. The molecule has 122 valence electrons. The maximum Gasteiger partial charge on any atom is 0.126 e. The summed E-state index contributed by atoms with van der Waals surface area (Å²) in [4.78, 5) is 2.49. The summed E-state index contributed by atoms with van der Waals surface area (Å²) in [5.74, 6) is 0.924. The van der Waals surface area contributed by atoms with E-state index in [1.54, 1.807) is 7.11 Å². The van der Waals surface area contributed by atoms with Gasteiger partial charge in [-0.3, -0.25) is 4.90 Å². The van der Waals surface area contributed by atoms with Crippen molar-refractivity contribution < 1.29 is 9.47 Å². The number of methoxy groups -OCH3 is 1. The molecule has 1 aliphatic heterocycles. The van der Waals surface area contributed by atoms with Gasteiger partial charge in [0, 0.05) is 18.7 Å². The lowest BCUT2D eigenvalue weighted by atomic mass is 10.0. The third-order valence-electron chi connectivity index (χ3n) is 4.42. The molecule has 3 nitrogen and oxygen atoms in total. The second kappa shape index (κ2) is 8.14. The van der Waals surface area contributed by atoms with Gasteiger partial charge in [-0.05, 0) is 36.6 Å². The van der Waals surface area contributed by atoms with Crippen molar-refractivity contribution in [3.05, 3.63) is 54.1 Å². The molecule has 1 aliphatic rings. The number of para-hydroxylation sites is 1. The fraction of sp³-hybridized carbons (Fsp3) is 0.400. The van der Waals surface area contributed by atoms with Crippen molar-refractivity contribution in [2.75, 3.05) is 40.0 Å². The van der Waals surface area contributed by atoms with Crippen LogP contribution in [0.3, 0.4) is 0 Å². The van der Waals surface area contributed by atoms with E-state index >= 15 is 0 Å². The highest BCUT2D eigenvalue weighted by molar-refractivity contribution is 5.70. The molecule has 0 spiro atoms. The molecular formula is C20H25NO2. The monoisotopic (exact) mass is 311 g/mol. The number of benzene rings is 2. The summed E-state index contributed by atoms with van der Waals surface area (Å²) in [5, 5.41) is 0. The first-order valence-corrected chi connectivity index (χ1v) is 8.39. The van der Waals surface area contributed by atoms with Gasteiger partial charge in [0.05, 0.1) is 20.3 Å². The highest BCUT2D eigenvalue weighted by Gasteiger charge is 2.09. The molecule has 2 aromatic carbocycles. The van der Waals surface area contributed by atoms with Crippen LogP contribution in [0.4, 0.5) is 0 Å². The molecule has 0 radical (unpaired) electrons. The Balaban J connectivity index is 1.56. The first-order valence-electron chi connectivity index (χ1n) is 8.39. The van der Waals surface area contributed by atoms with Crippen LogP contribution >= 0.6 is 0 Å². The van der Waals surface area contributed by atoms with E-state index in [1.165, 1.54) is 17.5 Å². The van der Waals surface area contributed by atoms with E-state index < -0.39 is 0 Å². The molecular weight excluding hydrogens is 286 g/mol. The Morgan fingerprint density at radius 1 is 1.00 bits per heavy atom. The number of aryl methyl sites for hydroxylation is 1. The van der Waals surface area contributed by atoms with Crippen LogP contribution in [0.25, 0.3) is 11.1 Å². The zero-order valence-corrected chi connectivity index (χ0v) is 13.8. The van der Waals surface area contributed by atoms with Crippen LogP contribution in [-0.2, 0) is 11.2 Å². The molecule has 1 fully saturated rings. The van der Waals surface area contributed by atoms with Crippen LogP contribution in [0.5, 0.6) is 5.75 Å². The Labute approximate surface area is 138 Å². The molecule has 0 aromatic heterocycles. The largest absolute Gasteiger partial charge is 0.496 e. The van der Waals surface area contributed by atoms with Crippen LogP contribution in [0.15, 0.2) is 48.5 Å². The van der Waals surface area contributed by atoms with Gasteiger partial charge in [0.15, 0.2) is 0 Å². The van der Waals surface area contributed by atoms with E-state index in [9.17, 15) is 0 Å². The van der Waals surface area contributed by atoms with Crippen molar-refractivity contribution in [2.45, 2.75) is 12.8 Å². The Bertz CT molecular complexity index is 603. The van der Waals surface area contributed by atoms with Gasteiger partial charge in [-0.2, -0.15) is 0 Å². The lowest BCUT2D eigenvalue weighted by molar-refractivity contribution is 0.0375. The third-order valence-corrected chi connectivity index (χ3v) is 4.42. The second-order valence-electron chi connectivity index (χ2n) is 5.95. The van der Waals surface area contributed by atoms with Gasteiger partial charge in [-0.15, -0.1) is 0 Å². The van der Waals surface area contributed by atoms with Crippen molar-refractivity contribution >= 4 is 0 Å². The summed E-state index contributed by atoms with van der Waals surface area (Å²) in [6.45, 7) is 5.08. The first kappa shape index (κ1) is 16.0. The molecule has 0 saturated carbocycles. The van der Waals surface area contributed by atoms with Crippen LogP contribution in [0, 0.1) is 0 Å². The van der Waals surface area contributed by atoms with Crippen molar-refractivity contribution in [3.63, 3.8) is 0 Å². The smallest absolute Gasteiger partial charge is 0.126 e. The minimum atomic E-state index is 0.883. The van der Waals surface area contributed by atoms with E-state index in [0.717, 1.165) is 50.6 Å². The SMILES string of the molecule is COc1ccccc1-c1ccc(CCCN2CCOCC2)cc1. The molecule has 1 heterocycles. The fourth-order valence-corrected chi connectivity index (χ4v) is 3.07. The zero-order chi connectivity index (χ0) is 15.9. The fourth-order valence-electron chi connectivity index (χ4n) is 3.07. The van der Waals surface area contributed by atoms with Crippen molar-refractivity contribution in [2.24, 2.45) is 0 Å². The summed E-state index contributed by atoms with van der Waals surface area (Å²) in [5.41, 5.74) is 3.76. The maximum absolute atomic E-state index is 5.45. The number of nitrogens with zero attached hydrogens (tertiary/aromatic N) is 1. The van der Waals surface area contributed by atoms with Crippen LogP contribution < -0.4 is 4.74 Å². The molecule has 0 aliphatic carbocycles. The van der Waals surface area contributed by atoms with Crippen molar-refractivity contribution in [1.29, 1.82) is 0 Å². The Hall–Kier alpha value is -1.84. The molecule has 3 rings (SSSR count). The predicted molar refractivity (Wildman–Crippen MR) is 94.0 cm³/mol. The predicted octanol–water partition coefficient (Wildman–Crippen LogP) is 3.63. The van der Waals surface area contributed by atoms with Gasteiger partial charge >= 0.3 is 0 Å². The number of hydrogen-bond donors (Lipinski definition) is 0. The van der Waals surface area contributed by atoms with Gasteiger partial charge in [0.2, 0.25) is 0 Å². The molecule has 0 atom stereocenters. The molecule has 23 heavy (non-hydrogen) atoms. The molecule has 0 bridgehead atoms. The lowest BCUT2D eigenvalue weighted by Gasteiger charge is -2.26. The number of rotatable bonds is 6. The summed E-state index contributed by atoms with van der Waals surface area (Å²) < 4.78 is 10.8. The van der Waals surface area contributed by atoms with E-state index in [4.69, 9.17) is 9.47 Å². The van der Waals surface area contributed by atoms with E-state index in [1.807, 2.05) is 18.2 Å². The number of morpholine rings is 1. The minimum Gasteiger partial charge on any atom is -0.496 e. The Morgan fingerprint density at radius 3 is 2.48 bits per heavy atom. The highest BCUT2D eigenvalue weighted by Crippen LogP contribution is 2.29. The van der Waals surface area contributed by atoms with Gasteiger partial charge in [-0.25, -0.2) is 0 Å². The van der Waals surface area contributed by atoms with Gasteiger partial charge < -0.3 is 9.47 Å². The molecule has 0 unspecified atom stereocenters. The summed E-state index contributed by atoms with van der Waals surface area (Å²) in [7, 11) is 1.72. The zero-order valence-electron chi connectivity index (χ0n) is 13.8. The van der Waals surface area contributed by atoms with E-state index in [-0.39, 0.29) is 0 Å². The average Bonchev–Trinajstić information content (AvgIpc) is 2.63. The molecule has 2 aromatic rings. The quantitative estimate of drug-likeness (QED) is 0.813. The molecule has 0 amide bonds. The second-order valence-corrected chi connectivity index (χ2v) is 5.95. The summed E-state index contributed by atoms with van der Waals surface area (Å²) in [6.07, 6.45) is 2.33. The van der Waals surface area contributed by atoms with Crippen LogP contribution in [0.2, 0.25) is 0 Å². The van der Waals surface area contributed by atoms with Crippen molar-refractivity contribution in [3.8, 4) is 16.9 Å². The number of hydrogen-bond acceptors (Lipinski definition) is 3. The van der Waals surface area contributed by atoms with E-state index in [0.29, 0.717) is 0 Å². The minimum absolute atomic E-state index is 0.883. The molecule has 1 saturated heterocycles. The summed E-state index contributed by atoms with van der Waals surface area (Å²) in [6, 6.07) is 17.0. The van der Waals surface area contributed by atoms with Crippen LogP contribution in [0.1, 0.15) is 12.0 Å². The molecule has 0 N–H and O–H groups in total. The van der Waals surface area contributed by atoms with Crippen molar-refractivity contribution in [1.82, 2.24) is 4.90 Å². The molecule has 3 heteroatoms. The highest BCUT2D eigenvalue weighted by atomic mass is 16.5. The van der Waals surface area contributed by atoms with Gasteiger partial charge in [0.25, 0.3) is 0 Å². The van der Waals surface area contributed by atoms with Gasteiger partial charge in [-0.1, -0.05) is 42.5 Å². The standard InChI is InChI=1S/C20H25NO2/c1-22-20-7-3-2-6-19(20)18-10-8-17(9-11-18)5-4-12-21-13-15-23-16-14-21/h2-3,6-11H,4-5,12-16H2,1H3. The van der Waals surface area contributed by atoms with Crippen LogP contribution in [-0.4, -0.2) is 44.9 Å². The maximum atomic E-state index is 5.45. The van der Waals surface area contributed by atoms with Gasteiger partial charge in [0.1, 0.15) is 5.75 Å². The Morgan fingerprint density at radius 2 is 1.74 bits per heavy atom. The third kappa shape index (κ3) is 4.34. The normalized spacial score (nSPS) is 15.5. The van der Waals surface area contributed by atoms with E-state index in [2.05, 4.69) is 35.2 Å². The lowest BCUT2D eigenvalue weighted by Crippen LogP contribution is -2.36. The average molecular weight is 311 g/mol. The summed E-state index contributed by atoms with van der Waals surface area (Å²) >= 11 is 0. The first-order chi connectivity index (χ1) is 11.4. The Kier molecular flexibility index (Phi) is 5.67. The topological polar surface area (TPSA) is 21.7 Å².